The van der Waals surface area contributed by atoms with Crippen LogP contribution in [0, 0.1) is 0 Å². The minimum atomic E-state index is 0.177. The molecule has 1 aromatic carbocycles. The molecule has 1 amide bonds. The van der Waals surface area contributed by atoms with Crippen LogP contribution in [0.3, 0.4) is 0 Å². The largest absolute Gasteiger partial charge is 0.371 e. The van der Waals surface area contributed by atoms with E-state index >= 15 is 0 Å². The average Bonchev–Trinajstić information content (AvgIpc) is 2.37. The molecule has 17 heavy (non-hydrogen) atoms. The predicted octanol–water partition coefficient (Wildman–Crippen LogP) is 1.21. The number of nitrogens with two attached hydrogens (primary N) is 1. The Hall–Kier alpha value is -1.55. The monoisotopic (exact) mass is 233 g/mol. The summed E-state index contributed by atoms with van der Waals surface area (Å²) in [5.41, 5.74) is 7.59. The van der Waals surface area contributed by atoms with Crippen molar-refractivity contribution < 1.29 is 4.79 Å². The molecular weight excluding hydrogens is 214 g/mol. The van der Waals surface area contributed by atoms with Crippen molar-refractivity contribution in [3.63, 3.8) is 0 Å². The fraction of sp³-hybridized carbons (Fsp3) is 0.462. The topological polar surface area (TPSA) is 49.6 Å². The van der Waals surface area contributed by atoms with Crippen molar-refractivity contribution in [3.8, 4) is 0 Å². The highest BCUT2D eigenvalue weighted by Crippen LogP contribution is 2.32. The second-order valence-corrected chi connectivity index (χ2v) is 4.35. The molecular formula is C13H19N3O. The summed E-state index contributed by atoms with van der Waals surface area (Å²) < 4.78 is 0. The van der Waals surface area contributed by atoms with Crippen molar-refractivity contribution in [2.45, 2.75) is 12.8 Å². The van der Waals surface area contributed by atoms with Gasteiger partial charge in [-0.15, -0.1) is 0 Å². The molecule has 0 spiro atoms. The molecule has 1 aliphatic rings. The lowest BCUT2D eigenvalue weighted by atomic mass is 10.1. The summed E-state index contributed by atoms with van der Waals surface area (Å²) in [6.07, 6.45) is 1.29. The van der Waals surface area contributed by atoms with Crippen LogP contribution in [0.25, 0.3) is 0 Å². The van der Waals surface area contributed by atoms with Gasteiger partial charge in [0, 0.05) is 26.6 Å². The number of anilines is 2. The van der Waals surface area contributed by atoms with Crippen molar-refractivity contribution in [3.05, 3.63) is 24.3 Å². The van der Waals surface area contributed by atoms with Crippen LogP contribution < -0.4 is 15.5 Å². The molecule has 1 aromatic rings. The summed E-state index contributed by atoms with van der Waals surface area (Å²) >= 11 is 0. The van der Waals surface area contributed by atoms with Gasteiger partial charge in [-0.05, 0) is 25.1 Å². The summed E-state index contributed by atoms with van der Waals surface area (Å²) in [5.74, 6) is 0.177. The van der Waals surface area contributed by atoms with E-state index in [0.29, 0.717) is 13.0 Å². The molecule has 0 saturated heterocycles. The first-order chi connectivity index (χ1) is 8.24. The molecule has 0 unspecified atom stereocenters. The first kappa shape index (κ1) is 11.9. The van der Waals surface area contributed by atoms with Gasteiger partial charge in [0.1, 0.15) is 0 Å². The summed E-state index contributed by atoms with van der Waals surface area (Å²) in [6.45, 7) is 2.21. The fourth-order valence-electron chi connectivity index (χ4n) is 2.15. The number of benzene rings is 1. The van der Waals surface area contributed by atoms with Gasteiger partial charge < -0.3 is 15.5 Å². The van der Waals surface area contributed by atoms with Gasteiger partial charge in [-0.1, -0.05) is 12.1 Å². The Morgan fingerprint density at radius 1 is 1.29 bits per heavy atom. The zero-order chi connectivity index (χ0) is 12.3. The van der Waals surface area contributed by atoms with Gasteiger partial charge in [0.25, 0.3) is 0 Å². The Morgan fingerprint density at radius 3 is 2.71 bits per heavy atom. The maximum Gasteiger partial charge on any atom is 0.227 e. The van der Waals surface area contributed by atoms with Crippen LogP contribution in [0.5, 0.6) is 0 Å². The van der Waals surface area contributed by atoms with Crippen LogP contribution in [0.1, 0.15) is 12.8 Å². The molecule has 0 atom stereocenters. The quantitative estimate of drug-likeness (QED) is 0.853. The second-order valence-electron chi connectivity index (χ2n) is 4.35. The number of carbonyl (C=O) groups is 1. The van der Waals surface area contributed by atoms with E-state index in [-0.39, 0.29) is 5.91 Å². The number of fused-ring (bicyclic) bond motifs is 1. The van der Waals surface area contributed by atoms with Gasteiger partial charge in [0.05, 0.1) is 11.4 Å². The maximum atomic E-state index is 12.1. The molecule has 2 rings (SSSR count). The number of hydrogen-bond donors (Lipinski definition) is 1. The molecule has 0 radical (unpaired) electrons. The summed E-state index contributed by atoms with van der Waals surface area (Å²) in [7, 11) is 2.06. The van der Waals surface area contributed by atoms with Crippen LogP contribution in [-0.2, 0) is 4.79 Å². The van der Waals surface area contributed by atoms with Crippen molar-refractivity contribution in [2.24, 2.45) is 5.73 Å². The number of nitrogens with zero attached hydrogens (tertiary/aromatic N) is 2. The highest BCUT2D eigenvalue weighted by molar-refractivity contribution is 5.97. The third kappa shape index (κ3) is 2.42. The van der Waals surface area contributed by atoms with Gasteiger partial charge in [0.15, 0.2) is 0 Å². The van der Waals surface area contributed by atoms with E-state index < -0.39 is 0 Å². The molecule has 4 nitrogen and oxygen atoms in total. The summed E-state index contributed by atoms with van der Waals surface area (Å²) in [5, 5.41) is 0. The number of likely N-dealkylation sites (N-methyl/N-ethyl adjacent to an activating group) is 1. The van der Waals surface area contributed by atoms with E-state index in [1.807, 2.05) is 23.1 Å². The SMILES string of the molecule is CN1CCN(C(=O)CCCN)c2ccccc21. The minimum Gasteiger partial charge on any atom is -0.371 e. The maximum absolute atomic E-state index is 12.1. The third-order valence-electron chi connectivity index (χ3n) is 3.14. The Bertz CT molecular complexity index is 405. The molecule has 0 bridgehead atoms. The second kappa shape index (κ2) is 5.19. The van der Waals surface area contributed by atoms with Gasteiger partial charge in [-0.3, -0.25) is 4.79 Å². The van der Waals surface area contributed by atoms with E-state index in [9.17, 15) is 4.79 Å². The van der Waals surface area contributed by atoms with E-state index in [2.05, 4.69) is 18.0 Å². The molecule has 2 N–H and O–H groups in total. The molecule has 0 aromatic heterocycles. The Morgan fingerprint density at radius 2 is 2.00 bits per heavy atom. The first-order valence-corrected chi connectivity index (χ1v) is 6.04. The van der Waals surface area contributed by atoms with Crippen molar-refractivity contribution in [2.75, 3.05) is 36.5 Å². The summed E-state index contributed by atoms with van der Waals surface area (Å²) in [6, 6.07) is 8.04. The zero-order valence-electron chi connectivity index (χ0n) is 10.2. The lowest BCUT2D eigenvalue weighted by molar-refractivity contribution is -0.118. The van der Waals surface area contributed by atoms with E-state index in [0.717, 1.165) is 30.9 Å². The summed E-state index contributed by atoms with van der Waals surface area (Å²) in [4.78, 5) is 16.1. The third-order valence-corrected chi connectivity index (χ3v) is 3.14. The van der Waals surface area contributed by atoms with Gasteiger partial charge in [0.2, 0.25) is 5.91 Å². The smallest absolute Gasteiger partial charge is 0.227 e. The van der Waals surface area contributed by atoms with E-state index in [1.54, 1.807) is 0 Å². The van der Waals surface area contributed by atoms with Gasteiger partial charge in [-0.25, -0.2) is 0 Å². The lowest BCUT2D eigenvalue weighted by Crippen LogP contribution is -2.42. The number of amides is 1. The van der Waals surface area contributed by atoms with Crippen LogP contribution in [0.4, 0.5) is 11.4 Å². The van der Waals surface area contributed by atoms with Crippen molar-refractivity contribution >= 4 is 17.3 Å². The number of rotatable bonds is 3. The van der Waals surface area contributed by atoms with Crippen molar-refractivity contribution in [1.29, 1.82) is 0 Å². The van der Waals surface area contributed by atoms with Crippen LogP contribution in [0.2, 0.25) is 0 Å². The highest BCUT2D eigenvalue weighted by atomic mass is 16.2. The van der Waals surface area contributed by atoms with Gasteiger partial charge >= 0.3 is 0 Å². The molecule has 1 heterocycles. The van der Waals surface area contributed by atoms with Crippen LogP contribution >= 0.6 is 0 Å². The van der Waals surface area contributed by atoms with Crippen LogP contribution in [-0.4, -0.2) is 32.6 Å². The number of hydrogen-bond acceptors (Lipinski definition) is 3. The molecule has 92 valence electrons. The minimum absolute atomic E-state index is 0.177. The number of para-hydroxylation sites is 2. The highest BCUT2D eigenvalue weighted by Gasteiger charge is 2.23. The Labute approximate surface area is 102 Å². The van der Waals surface area contributed by atoms with E-state index in [4.69, 9.17) is 5.73 Å². The Kier molecular flexibility index (Phi) is 3.64. The molecule has 0 saturated carbocycles. The van der Waals surface area contributed by atoms with Crippen molar-refractivity contribution in [1.82, 2.24) is 0 Å². The standard InChI is InChI=1S/C13H19N3O/c1-15-9-10-16(13(17)7-4-8-14)12-6-3-2-5-11(12)15/h2-3,5-6H,4,7-10,14H2,1H3. The molecule has 0 fully saturated rings. The number of carbonyl (C=O) groups excluding carboxylic acids is 1. The van der Waals surface area contributed by atoms with Crippen LogP contribution in [0.15, 0.2) is 24.3 Å². The lowest BCUT2D eigenvalue weighted by Gasteiger charge is -2.35. The molecule has 4 heteroatoms. The molecule has 0 aliphatic carbocycles. The zero-order valence-corrected chi connectivity index (χ0v) is 10.2. The normalized spacial score (nSPS) is 14.7. The Balaban J connectivity index is 2.21. The molecule has 1 aliphatic heterocycles. The van der Waals surface area contributed by atoms with E-state index in [1.165, 1.54) is 0 Å². The van der Waals surface area contributed by atoms with Gasteiger partial charge in [-0.2, -0.15) is 0 Å². The predicted molar refractivity (Wildman–Crippen MR) is 70.4 cm³/mol. The fourth-order valence-corrected chi connectivity index (χ4v) is 2.15. The average molecular weight is 233 g/mol. The first-order valence-electron chi connectivity index (χ1n) is 6.04.